The number of pyridine rings is 1. The average Bonchev–Trinajstić information content (AvgIpc) is 2.60. The Hall–Kier alpha value is -3.68. The lowest BCUT2D eigenvalue weighted by atomic mass is 10.1. The van der Waals surface area contributed by atoms with Gasteiger partial charge in [-0.1, -0.05) is 0 Å². The quantitative estimate of drug-likeness (QED) is 0.710. The average molecular weight is 381 g/mol. The highest BCUT2D eigenvalue weighted by atomic mass is 19.4. The SMILES string of the molecule is CNC(=O)c1ccc(NC(=O)Nc2cnc(C#N)c(C(F)(F)F)c2)cc1F. The number of anilines is 2. The minimum Gasteiger partial charge on any atom is -0.355 e. The van der Waals surface area contributed by atoms with Crippen molar-refractivity contribution in [3.63, 3.8) is 0 Å². The van der Waals surface area contributed by atoms with Crippen LogP contribution in [-0.4, -0.2) is 24.0 Å². The van der Waals surface area contributed by atoms with Gasteiger partial charge in [0.1, 0.15) is 11.9 Å². The van der Waals surface area contributed by atoms with Gasteiger partial charge in [0.05, 0.1) is 23.0 Å². The van der Waals surface area contributed by atoms with E-state index < -0.39 is 35.2 Å². The third-order valence-corrected chi connectivity index (χ3v) is 3.26. The highest BCUT2D eigenvalue weighted by Crippen LogP contribution is 2.32. The number of urea groups is 1. The third-order valence-electron chi connectivity index (χ3n) is 3.26. The van der Waals surface area contributed by atoms with Gasteiger partial charge in [-0.05, 0) is 24.3 Å². The fraction of sp³-hybridized carbons (Fsp3) is 0.125. The van der Waals surface area contributed by atoms with Crippen LogP contribution in [0.15, 0.2) is 30.5 Å². The first kappa shape index (κ1) is 19.6. The molecule has 3 amide bonds. The first-order valence-electron chi connectivity index (χ1n) is 7.22. The van der Waals surface area contributed by atoms with Gasteiger partial charge in [-0.25, -0.2) is 14.2 Å². The Morgan fingerprint density at radius 3 is 2.37 bits per heavy atom. The molecule has 3 N–H and O–H groups in total. The van der Waals surface area contributed by atoms with Gasteiger partial charge in [0.2, 0.25) is 0 Å². The van der Waals surface area contributed by atoms with Gasteiger partial charge in [0.15, 0.2) is 5.69 Å². The van der Waals surface area contributed by atoms with E-state index in [2.05, 4.69) is 20.9 Å². The summed E-state index contributed by atoms with van der Waals surface area (Å²) in [6.45, 7) is 0. The lowest BCUT2D eigenvalue weighted by Gasteiger charge is -2.12. The summed E-state index contributed by atoms with van der Waals surface area (Å²) in [6.07, 6.45) is -3.95. The fourth-order valence-corrected chi connectivity index (χ4v) is 2.04. The van der Waals surface area contributed by atoms with E-state index in [0.717, 1.165) is 18.3 Å². The van der Waals surface area contributed by atoms with Crippen molar-refractivity contribution in [1.82, 2.24) is 10.3 Å². The summed E-state index contributed by atoms with van der Waals surface area (Å²) in [5.74, 6) is -1.56. The van der Waals surface area contributed by atoms with Crippen LogP contribution >= 0.6 is 0 Å². The number of alkyl halides is 3. The number of nitriles is 1. The van der Waals surface area contributed by atoms with Gasteiger partial charge in [-0.2, -0.15) is 18.4 Å². The predicted octanol–water partition coefficient (Wildman–Crippen LogP) is 3.11. The molecule has 0 aliphatic rings. The van der Waals surface area contributed by atoms with Crippen LogP contribution in [0.2, 0.25) is 0 Å². The zero-order valence-electron chi connectivity index (χ0n) is 13.6. The number of amides is 3. The number of carbonyl (C=O) groups excluding carboxylic acids is 2. The predicted molar refractivity (Wildman–Crippen MR) is 86.4 cm³/mol. The molecule has 2 rings (SSSR count). The van der Waals surface area contributed by atoms with E-state index in [9.17, 15) is 27.2 Å². The van der Waals surface area contributed by atoms with Crippen LogP contribution in [0.3, 0.4) is 0 Å². The van der Waals surface area contributed by atoms with Crippen LogP contribution in [0.25, 0.3) is 0 Å². The van der Waals surface area contributed by atoms with Crippen molar-refractivity contribution in [2.75, 3.05) is 17.7 Å². The molecule has 1 heterocycles. The topological polar surface area (TPSA) is 107 Å². The normalized spacial score (nSPS) is 10.7. The van der Waals surface area contributed by atoms with E-state index in [-0.39, 0.29) is 16.9 Å². The highest BCUT2D eigenvalue weighted by molar-refractivity contribution is 6.00. The first-order valence-corrected chi connectivity index (χ1v) is 7.22. The molecule has 7 nitrogen and oxygen atoms in total. The van der Waals surface area contributed by atoms with Crippen LogP contribution in [0.4, 0.5) is 33.7 Å². The van der Waals surface area contributed by atoms with Crippen LogP contribution in [0.1, 0.15) is 21.6 Å². The summed E-state index contributed by atoms with van der Waals surface area (Å²) in [4.78, 5) is 26.6. The molecule has 0 unspecified atom stereocenters. The number of hydrogen-bond acceptors (Lipinski definition) is 4. The smallest absolute Gasteiger partial charge is 0.355 e. The monoisotopic (exact) mass is 381 g/mol. The maximum absolute atomic E-state index is 13.8. The second kappa shape index (κ2) is 7.69. The number of aromatic nitrogens is 1. The third kappa shape index (κ3) is 4.69. The minimum atomic E-state index is -4.83. The second-order valence-corrected chi connectivity index (χ2v) is 5.08. The van der Waals surface area contributed by atoms with Crippen molar-refractivity contribution in [3.05, 3.63) is 53.1 Å². The summed E-state index contributed by atoms with van der Waals surface area (Å²) < 4.78 is 52.5. The Labute approximate surface area is 150 Å². The number of halogens is 4. The van der Waals surface area contributed by atoms with Crippen molar-refractivity contribution in [3.8, 4) is 6.07 Å². The van der Waals surface area contributed by atoms with Crippen molar-refractivity contribution < 1.29 is 27.2 Å². The molecule has 11 heteroatoms. The molecule has 2 aromatic rings. The Morgan fingerprint density at radius 2 is 1.81 bits per heavy atom. The zero-order chi connectivity index (χ0) is 20.2. The summed E-state index contributed by atoms with van der Waals surface area (Å²) in [5, 5.41) is 15.2. The lowest BCUT2D eigenvalue weighted by Crippen LogP contribution is -2.22. The summed E-state index contributed by atoms with van der Waals surface area (Å²) in [7, 11) is 1.32. The van der Waals surface area contributed by atoms with E-state index in [0.29, 0.717) is 6.07 Å². The van der Waals surface area contributed by atoms with E-state index in [4.69, 9.17) is 5.26 Å². The van der Waals surface area contributed by atoms with Crippen LogP contribution in [0, 0.1) is 17.1 Å². The van der Waals surface area contributed by atoms with Gasteiger partial charge >= 0.3 is 12.2 Å². The maximum Gasteiger partial charge on any atom is 0.419 e. The number of rotatable bonds is 3. The Kier molecular flexibility index (Phi) is 5.60. The van der Waals surface area contributed by atoms with Gasteiger partial charge in [0, 0.05) is 12.7 Å². The van der Waals surface area contributed by atoms with Crippen molar-refractivity contribution in [2.24, 2.45) is 0 Å². The molecule has 27 heavy (non-hydrogen) atoms. The standard InChI is InChI=1S/C16H11F4N5O2/c1-22-14(26)10-3-2-8(5-12(10)17)24-15(27)25-9-4-11(16(18,19)20)13(6-21)23-7-9/h2-5,7H,1H3,(H,22,26)(H2,24,25,27). The van der Waals surface area contributed by atoms with E-state index in [1.165, 1.54) is 19.2 Å². The Balaban J connectivity index is 2.16. The maximum atomic E-state index is 13.8. The number of hydrogen-bond donors (Lipinski definition) is 3. The molecular formula is C16H11F4N5O2. The van der Waals surface area contributed by atoms with Crippen molar-refractivity contribution in [2.45, 2.75) is 6.18 Å². The van der Waals surface area contributed by atoms with Crippen molar-refractivity contribution >= 4 is 23.3 Å². The van der Waals surface area contributed by atoms with Gasteiger partial charge < -0.3 is 16.0 Å². The molecule has 0 aliphatic heterocycles. The van der Waals surface area contributed by atoms with Gasteiger partial charge in [-0.3, -0.25) is 4.79 Å². The number of carbonyl (C=O) groups is 2. The zero-order valence-corrected chi connectivity index (χ0v) is 13.6. The molecule has 1 aromatic heterocycles. The van der Waals surface area contributed by atoms with Gasteiger partial charge in [-0.15, -0.1) is 0 Å². The molecule has 0 atom stereocenters. The van der Waals surface area contributed by atoms with E-state index in [1.807, 2.05) is 0 Å². The van der Waals surface area contributed by atoms with Crippen LogP contribution in [0.5, 0.6) is 0 Å². The van der Waals surface area contributed by atoms with Crippen molar-refractivity contribution in [1.29, 1.82) is 5.26 Å². The molecule has 1 aromatic carbocycles. The number of nitrogens with one attached hydrogen (secondary N) is 3. The molecule has 0 aliphatic carbocycles. The van der Waals surface area contributed by atoms with Crippen LogP contribution in [-0.2, 0) is 6.18 Å². The molecule has 140 valence electrons. The number of benzene rings is 1. The Bertz CT molecular complexity index is 937. The minimum absolute atomic E-state index is 0.0321. The molecular weight excluding hydrogens is 370 g/mol. The number of nitrogens with zero attached hydrogens (tertiary/aromatic N) is 2. The van der Waals surface area contributed by atoms with E-state index >= 15 is 0 Å². The Morgan fingerprint density at radius 1 is 1.15 bits per heavy atom. The second-order valence-electron chi connectivity index (χ2n) is 5.08. The lowest BCUT2D eigenvalue weighted by molar-refractivity contribution is -0.138. The van der Waals surface area contributed by atoms with E-state index in [1.54, 1.807) is 0 Å². The molecule has 0 saturated carbocycles. The summed E-state index contributed by atoms with van der Waals surface area (Å²) in [5.41, 5.74) is -2.73. The molecule has 0 saturated heterocycles. The molecule has 0 bridgehead atoms. The largest absolute Gasteiger partial charge is 0.419 e. The van der Waals surface area contributed by atoms with Crippen LogP contribution < -0.4 is 16.0 Å². The summed E-state index contributed by atoms with van der Waals surface area (Å²) in [6, 6.07) is 4.15. The summed E-state index contributed by atoms with van der Waals surface area (Å²) >= 11 is 0. The molecule has 0 fully saturated rings. The van der Waals surface area contributed by atoms with Gasteiger partial charge in [0.25, 0.3) is 5.91 Å². The molecule has 0 spiro atoms. The fourth-order valence-electron chi connectivity index (χ4n) is 2.04. The highest BCUT2D eigenvalue weighted by Gasteiger charge is 2.34. The molecule has 0 radical (unpaired) electrons. The first-order chi connectivity index (χ1) is 12.7.